The van der Waals surface area contributed by atoms with E-state index in [1.165, 1.54) is 82.2 Å². The lowest BCUT2D eigenvalue weighted by Crippen LogP contribution is -1.99. The lowest BCUT2D eigenvalue weighted by Gasteiger charge is -2.13. The third-order valence-electron chi connectivity index (χ3n) is 11.1. The van der Waals surface area contributed by atoms with E-state index in [2.05, 4.69) is 161 Å². The van der Waals surface area contributed by atoms with Crippen LogP contribution in [0, 0.1) is 0 Å². The van der Waals surface area contributed by atoms with E-state index in [9.17, 15) is 0 Å². The summed E-state index contributed by atoms with van der Waals surface area (Å²) in [7, 11) is 0. The lowest BCUT2D eigenvalue weighted by molar-refractivity contribution is 1.10. The van der Waals surface area contributed by atoms with Gasteiger partial charge < -0.3 is 4.57 Å². The summed E-state index contributed by atoms with van der Waals surface area (Å²) in [6.07, 6.45) is 3.90. The van der Waals surface area contributed by atoms with Gasteiger partial charge in [0.1, 0.15) is 5.82 Å². The fraction of sp³-hybridized carbons (Fsp3) is 0. The van der Waals surface area contributed by atoms with Crippen LogP contribution in [0.15, 0.2) is 170 Å². The summed E-state index contributed by atoms with van der Waals surface area (Å²) >= 11 is 0. The van der Waals surface area contributed by atoms with Crippen molar-refractivity contribution in [2.45, 2.75) is 0 Å². The molecule has 0 aliphatic heterocycles. The molecule has 4 nitrogen and oxygen atoms in total. The molecule has 4 heteroatoms. The quantitative estimate of drug-likeness (QED) is 0.189. The smallest absolute Gasteiger partial charge is 0.145 e. The fourth-order valence-electron chi connectivity index (χ4n) is 8.90. The van der Waals surface area contributed by atoms with E-state index in [-0.39, 0.29) is 0 Å². The molecule has 0 fully saturated rings. The summed E-state index contributed by atoms with van der Waals surface area (Å²) in [6, 6.07) is 57.2. The van der Waals surface area contributed by atoms with Crippen molar-refractivity contribution in [1.82, 2.24) is 19.1 Å². The van der Waals surface area contributed by atoms with Gasteiger partial charge in [0.25, 0.3) is 0 Å². The third-order valence-corrected chi connectivity index (χ3v) is 11.1. The summed E-state index contributed by atoms with van der Waals surface area (Å²) in [4.78, 5) is 10.0. The average molecular weight is 661 g/mol. The molecule has 0 saturated carbocycles. The van der Waals surface area contributed by atoms with Gasteiger partial charge in [-0.05, 0) is 70.6 Å². The number of rotatable bonds is 3. The van der Waals surface area contributed by atoms with Crippen molar-refractivity contribution < 1.29 is 0 Å². The molecule has 7 aromatic carbocycles. The Morgan fingerprint density at radius 1 is 0.404 bits per heavy atom. The minimum absolute atomic E-state index is 0.938. The molecule has 0 saturated heterocycles. The minimum Gasteiger partial charge on any atom is -0.309 e. The summed E-state index contributed by atoms with van der Waals surface area (Å²) < 4.78 is 4.77. The average Bonchev–Trinajstić information content (AvgIpc) is 3.85. The Hall–Kier alpha value is -7.04. The molecule has 0 bridgehead atoms. The third kappa shape index (κ3) is 3.65. The highest BCUT2D eigenvalue weighted by molar-refractivity contribution is 6.21. The van der Waals surface area contributed by atoms with Gasteiger partial charge in [0.15, 0.2) is 0 Å². The molecule has 0 N–H and O–H groups in total. The highest BCUT2D eigenvalue weighted by Crippen LogP contribution is 2.48. The van der Waals surface area contributed by atoms with Crippen LogP contribution in [0.2, 0.25) is 0 Å². The van der Waals surface area contributed by atoms with E-state index in [4.69, 9.17) is 9.97 Å². The normalized spacial score (nSPS) is 12.2. The van der Waals surface area contributed by atoms with Crippen molar-refractivity contribution in [3.05, 3.63) is 170 Å². The number of nitrogens with zero attached hydrogens (tertiary/aromatic N) is 4. The van der Waals surface area contributed by atoms with Gasteiger partial charge in [0.2, 0.25) is 0 Å². The number of para-hydroxylation sites is 2. The Balaban J connectivity index is 1.12. The van der Waals surface area contributed by atoms with Gasteiger partial charge in [-0.2, -0.15) is 0 Å². The SMILES string of the molecule is c1ccc(-n2c3ccccc3c3cc(-c4ccc5c(c4)c4ccc6ccccc6c4n5-c4ncc5c6c(cccc46)-c4cccnc4-5)ccc32)cc1. The highest BCUT2D eigenvalue weighted by Gasteiger charge is 2.26. The zero-order chi connectivity index (χ0) is 33.9. The predicted octanol–water partition coefficient (Wildman–Crippen LogP) is 12.3. The van der Waals surface area contributed by atoms with Crippen molar-refractivity contribution in [2.75, 3.05) is 0 Å². The zero-order valence-corrected chi connectivity index (χ0v) is 28.0. The van der Waals surface area contributed by atoms with Crippen LogP contribution in [-0.4, -0.2) is 19.1 Å². The maximum Gasteiger partial charge on any atom is 0.145 e. The Morgan fingerprint density at radius 3 is 1.96 bits per heavy atom. The topological polar surface area (TPSA) is 35.6 Å². The second-order valence-corrected chi connectivity index (χ2v) is 13.8. The zero-order valence-electron chi connectivity index (χ0n) is 28.0. The molecule has 0 spiro atoms. The predicted molar refractivity (Wildman–Crippen MR) is 216 cm³/mol. The Bertz CT molecular complexity index is 3260. The van der Waals surface area contributed by atoms with Gasteiger partial charge in [-0.25, -0.2) is 4.98 Å². The number of aromatic nitrogens is 4. The van der Waals surface area contributed by atoms with Crippen LogP contribution in [0.3, 0.4) is 0 Å². The van der Waals surface area contributed by atoms with E-state index in [1.807, 2.05) is 18.5 Å². The van der Waals surface area contributed by atoms with Crippen LogP contribution < -0.4 is 0 Å². The fourth-order valence-corrected chi connectivity index (χ4v) is 8.90. The summed E-state index contributed by atoms with van der Waals surface area (Å²) in [5.74, 6) is 0.938. The minimum atomic E-state index is 0.938. The second kappa shape index (κ2) is 10.3. The highest BCUT2D eigenvalue weighted by atomic mass is 15.1. The maximum atomic E-state index is 5.25. The molecular formula is C48H28N4. The van der Waals surface area contributed by atoms with Crippen LogP contribution in [-0.2, 0) is 0 Å². The molecule has 1 aliphatic rings. The number of pyridine rings is 2. The van der Waals surface area contributed by atoms with Crippen LogP contribution in [0.5, 0.6) is 0 Å². The summed E-state index contributed by atoms with van der Waals surface area (Å²) in [5.41, 5.74) is 12.8. The Morgan fingerprint density at radius 2 is 1.10 bits per heavy atom. The molecule has 240 valence electrons. The van der Waals surface area contributed by atoms with Crippen molar-refractivity contribution in [2.24, 2.45) is 0 Å². The van der Waals surface area contributed by atoms with Gasteiger partial charge in [0.05, 0.1) is 27.8 Å². The molecule has 0 unspecified atom stereocenters. The van der Waals surface area contributed by atoms with E-state index < -0.39 is 0 Å². The Kier molecular flexibility index (Phi) is 5.47. The number of fused-ring (bicyclic) bond motifs is 11. The van der Waals surface area contributed by atoms with Crippen LogP contribution >= 0.6 is 0 Å². The van der Waals surface area contributed by atoms with Gasteiger partial charge in [-0.3, -0.25) is 9.55 Å². The van der Waals surface area contributed by atoms with E-state index in [1.54, 1.807) is 0 Å². The molecule has 12 rings (SSSR count). The lowest BCUT2D eigenvalue weighted by atomic mass is 10.00. The Labute approximate surface area is 298 Å². The molecule has 0 atom stereocenters. The molecule has 0 amide bonds. The van der Waals surface area contributed by atoms with E-state index in [0.717, 1.165) is 28.0 Å². The number of hydrogen-bond donors (Lipinski definition) is 0. The van der Waals surface area contributed by atoms with Gasteiger partial charge in [-0.1, -0.05) is 109 Å². The first-order valence-corrected chi connectivity index (χ1v) is 17.7. The van der Waals surface area contributed by atoms with Crippen molar-refractivity contribution >= 4 is 65.2 Å². The first-order chi connectivity index (χ1) is 25.8. The number of hydrogen-bond acceptors (Lipinski definition) is 2. The number of benzene rings is 7. The molecule has 1 aliphatic carbocycles. The molecular weight excluding hydrogens is 633 g/mol. The first-order valence-electron chi connectivity index (χ1n) is 17.7. The van der Waals surface area contributed by atoms with Gasteiger partial charge in [0, 0.05) is 66.9 Å². The van der Waals surface area contributed by atoms with Crippen LogP contribution in [0.25, 0.3) is 110 Å². The van der Waals surface area contributed by atoms with Crippen molar-refractivity contribution in [1.29, 1.82) is 0 Å². The van der Waals surface area contributed by atoms with Crippen molar-refractivity contribution in [3.63, 3.8) is 0 Å². The molecule has 0 radical (unpaired) electrons. The van der Waals surface area contributed by atoms with E-state index in [0.29, 0.717) is 0 Å². The molecule has 52 heavy (non-hydrogen) atoms. The molecule has 4 heterocycles. The molecule has 4 aromatic heterocycles. The second-order valence-electron chi connectivity index (χ2n) is 13.8. The summed E-state index contributed by atoms with van der Waals surface area (Å²) in [6.45, 7) is 0. The maximum absolute atomic E-state index is 5.25. The van der Waals surface area contributed by atoms with Crippen molar-refractivity contribution in [3.8, 4) is 45.0 Å². The molecule has 11 aromatic rings. The monoisotopic (exact) mass is 660 g/mol. The van der Waals surface area contributed by atoms with Crippen LogP contribution in [0.1, 0.15) is 0 Å². The largest absolute Gasteiger partial charge is 0.309 e. The first kappa shape index (κ1) is 27.7. The van der Waals surface area contributed by atoms with Gasteiger partial charge >= 0.3 is 0 Å². The summed E-state index contributed by atoms with van der Waals surface area (Å²) in [5, 5.41) is 9.69. The standard InChI is InChI=1S/C48H28N4/c1-2-11-32(12-3-1)51-42-18-7-6-14-34(42)39-26-30(20-23-43(39)51)31-21-24-44-40(27-31)37-22-19-29-10-4-5-13-33(29)47(37)52(44)48-38-16-8-15-35-36-17-9-25-49-46(36)41(28-50-48)45(35)38/h1-28H. The van der Waals surface area contributed by atoms with E-state index >= 15 is 0 Å². The van der Waals surface area contributed by atoms with Gasteiger partial charge in [-0.15, -0.1) is 0 Å². The van der Waals surface area contributed by atoms with Crippen LogP contribution in [0.4, 0.5) is 0 Å².